The molecule has 2 aliphatic rings. The zero-order chi connectivity index (χ0) is 14.1. The summed E-state index contributed by atoms with van der Waals surface area (Å²) in [5.74, 6) is 0.775. The molecule has 1 atom stereocenters. The van der Waals surface area contributed by atoms with E-state index < -0.39 is 0 Å². The van der Waals surface area contributed by atoms with Crippen molar-refractivity contribution < 1.29 is 14.6 Å². The first-order chi connectivity index (χ1) is 9.69. The van der Waals surface area contributed by atoms with E-state index in [1.807, 2.05) is 24.3 Å². The summed E-state index contributed by atoms with van der Waals surface area (Å²) in [6, 6.07) is 5.70. The van der Waals surface area contributed by atoms with Gasteiger partial charge in [0.2, 0.25) is 0 Å². The predicted octanol–water partition coefficient (Wildman–Crippen LogP) is 2.21. The number of hydrogen-bond acceptors (Lipinski definition) is 3. The van der Waals surface area contributed by atoms with E-state index in [-0.39, 0.29) is 18.6 Å². The van der Waals surface area contributed by atoms with Gasteiger partial charge in [0.05, 0.1) is 18.2 Å². The van der Waals surface area contributed by atoms with Crippen LogP contribution in [0.3, 0.4) is 0 Å². The SMILES string of the molecule is O=C(C1=Cc2cc(Br)ccc2OC1)N1CCC[C@@H]1CO. The second kappa shape index (κ2) is 5.58. The molecule has 1 N–H and O–H groups in total. The lowest BCUT2D eigenvalue weighted by atomic mass is 10.1. The van der Waals surface area contributed by atoms with Gasteiger partial charge in [0.15, 0.2) is 0 Å². The minimum Gasteiger partial charge on any atom is -0.488 e. The van der Waals surface area contributed by atoms with Crippen molar-refractivity contribution in [2.75, 3.05) is 19.8 Å². The van der Waals surface area contributed by atoms with Crippen LogP contribution in [0.4, 0.5) is 0 Å². The third-order valence-electron chi connectivity index (χ3n) is 3.81. The Morgan fingerprint density at radius 1 is 1.50 bits per heavy atom. The minimum absolute atomic E-state index is 0.0211. The van der Waals surface area contributed by atoms with Crippen LogP contribution in [-0.4, -0.2) is 41.7 Å². The van der Waals surface area contributed by atoms with Gasteiger partial charge in [-0.1, -0.05) is 15.9 Å². The fourth-order valence-electron chi connectivity index (χ4n) is 2.75. The van der Waals surface area contributed by atoms with Gasteiger partial charge in [0.25, 0.3) is 5.91 Å². The van der Waals surface area contributed by atoms with E-state index in [9.17, 15) is 9.90 Å². The number of halogens is 1. The molecule has 4 nitrogen and oxygen atoms in total. The fraction of sp³-hybridized carbons (Fsp3) is 0.400. The molecule has 20 heavy (non-hydrogen) atoms. The highest BCUT2D eigenvalue weighted by atomic mass is 79.9. The number of ether oxygens (including phenoxy) is 1. The second-order valence-electron chi connectivity index (χ2n) is 5.12. The summed E-state index contributed by atoms with van der Waals surface area (Å²) in [6.45, 7) is 1.04. The maximum Gasteiger partial charge on any atom is 0.253 e. The number of rotatable bonds is 2. The first-order valence-corrected chi connectivity index (χ1v) is 7.53. The number of aliphatic hydroxyl groups excluding tert-OH is 1. The van der Waals surface area contributed by atoms with Crippen molar-refractivity contribution >= 4 is 27.9 Å². The number of carbonyl (C=O) groups is 1. The molecule has 1 fully saturated rings. The van der Waals surface area contributed by atoms with Gasteiger partial charge in [-0.05, 0) is 37.1 Å². The first kappa shape index (κ1) is 13.6. The van der Waals surface area contributed by atoms with Crippen molar-refractivity contribution in [3.05, 3.63) is 33.8 Å². The van der Waals surface area contributed by atoms with Gasteiger partial charge >= 0.3 is 0 Å². The lowest BCUT2D eigenvalue weighted by Gasteiger charge is -2.26. The highest BCUT2D eigenvalue weighted by molar-refractivity contribution is 9.10. The standard InChI is InChI=1S/C15H16BrNO3/c16-12-3-4-14-10(7-12)6-11(9-20-14)15(19)17-5-1-2-13(17)8-18/h3-4,6-7,13,18H,1-2,5,8-9H2/t13-/m1/s1. The van der Waals surface area contributed by atoms with Crippen molar-refractivity contribution in [2.24, 2.45) is 0 Å². The van der Waals surface area contributed by atoms with E-state index in [2.05, 4.69) is 15.9 Å². The van der Waals surface area contributed by atoms with Crippen LogP contribution >= 0.6 is 15.9 Å². The maximum absolute atomic E-state index is 12.5. The van der Waals surface area contributed by atoms with Crippen LogP contribution in [-0.2, 0) is 4.79 Å². The Morgan fingerprint density at radius 2 is 2.35 bits per heavy atom. The average Bonchev–Trinajstić information content (AvgIpc) is 2.94. The van der Waals surface area contributed by atoms with Crippen molar-refractivity contribution in [3.8, 4) is 5.75 Å². The molecule has 1 aromatic carbocycles. The smallest absolute Gasteiger partial charge is 0.253 e. The number of benzene rings is 1. The summed E-state index contributed by atoms with van der Waals surface area (Å²) < 4.78 is 6.60. The quantitative estimate of drug-likeness (QED) is 0.900. The van der Waals surface area contributed by atoms with E-state index in [1.165, 1.54) is 0 Å². The maximum atomic E-state index is 12.5. The first-order valence-electron chi connectivity index (χ1n) is 6.74. The van der Waals surface area contributed by atoms with Crippen LogP contribution in [0.25, 0.3) is 6.08 Å². The number of carbonyl (C=O) groups excluding carboxylic acids is 1. The number of aliphatic hydroxyl groups is 1. The number of likely N-dealkylation sites (tertiary alicyclic amines) is 1. The van der Waals surface area contributed by atoms with Crippen molar-refractivity contribution in [2.45, 2.75) is 18.9 Å². The van der Waals surface area contributed by atoms with E-state index in [4.69, 9.17) is 4.74 Å². The summed E-state index contributed by atoms with van der Waals surface area (Å²) in [5.41, 5.74) is 1.56. The van der Waals surface area contributed by atoms with Gasteiger partial charge in [-0.25, -0.2) is 0 Å². The monoisotopic (exact) mass is 337 g/mol. The summed E-state index contributed by atoms with van der Waals surface area (Å²) >= 11 is 3.42. The van der Waals surface area contributed by atoms with E-state index in [1.54, 1.807) is 4.90 Å². The van der Waals surface area contributed by atoms with Gasteiger partial charge in [0, 0.05) is 16.6 Å². The summed E-state index contributed by atoms with van der Waals surface area (Å²) in [7, 11) is 0. The van der Waals surface area contributed by atoms with Crippen LogP contribution in [0.1, 0.15) is 18.4 Å². The Balaban J connectivity index is 1.86. The largest absolute Gasteiger partial charge is 0.488 e. The fourth-order valence-corrected chi connectivity index (χ4v) is 3.13. The van der Waals surface area contributed by atoms with E-state index in [0.29, 0.717) is 18.7 Å². The molecule has 0 unspecified atom stereocenters. The molecule has 5 heteroatoms. The van der Waals surface area contributed by atoms with Gasteiger partial charge in [-0.15, -0.1) is 0 Å². The normalized spacial score (nSPS) is 21.2. The summed E-state index contributed by atoms with van der Waals surface area (Å²) in [4.78, 5) is 14.3. The van der Waals surface area contributed by atoms with Crippen LogP contribution in [0, 0.1) is 0 Å². The molecule has 3 rings (SSSR count). The molecular formula is C15H16BrNO3. The molecule has 106 valence electrons. The topological polar surface area (TPSA) is 49.8 Å². The van der Waals surface area contributed by atoms with Crippen molar-refractivity contribution in [1.82, 2.24) is 4.90 Å². The minimum atomic E-state index is -0.0488. The molecule has 0 saturated carbocycles. The average molecular weight is 338 g/mol. The van der Waals surface area contributed by atoms with Crippen molar-refractivity contribution in [1.29, 1.82) is 0 Å². The third-order valence-corrected chi connectivity index (χ3v) is 4.30. The molecule has 0 bridgehead atoms. The Bertz CT molecular complexity index is 570. The zero-order valence-corrected chi connectivity index (χ0v) is 12.6. The lowest BCUT2D eigenvalue weighted by Crippen LogP contribution is -2.39. The Kier molecular flexibility index (Phi) is 3.81. The van der Waals surface area contributed by atoms with Gasteiger partial charge in [-0.2, -0.15) is 0 Å². The molecule has 0 radical (unpaired) electrons. The summed E-state index contributed by atoms with van der Waals surface area (Å²) in [5, 5.41) is 9.33. The summed E-state index contributed by atoms with van der Waals surface area (Å²) in [6.07, 6.45) is 3.71. The molecule has 0 aliphatic carbocycles. The van der Waals surface area contributed by atoms with Gasteiger partial charge in [0.1, 0.15) is 12.4 Å². The highest BCUT2D eigenvalue weighted by Gasteiger charge is 2.31. The van der Waals surface area contributed by atoms with Gasteiger partial charge in [-0.3, -0.25) is 4.79 Å². The van der Waals surface area contributed by atoms with E-state index >= 15 is 0 Å². The Hall–Kier alpha value is -1.33. The van der Waals surface area contributed by atoms with Crippen LogP contribution in [0.2, 0.25) is 0 Å². The predicted molar refractivity (Wildman–Crippen MR) is 79.4 cm³/mol. The number of amides is 1. The Morgan fingerprint density at radius 3 is 3.15 bits per heavy atom. The van der Waals surface area contributed by atoms with Crippen LogP contribution in [0.15, 0.2) is 28.2 Å². The number of hydrogen-bond donors (Lipinski definition) is 1. The number of fused-ring (bicyclic) bond motifs is 1. The third kappa shape index (κ3) is 2.47. The molecule has 2 aliphatic heterocycles. The highest BCUT2D eigenvalue weighted by Crippen LogP contribution is 2.30. The van der Waals surface area contributed by atoms with Crippen LogP contribution < -0.4 is 4.74 Å². The lowest BCUT2D eigenvalue weighted by molar-refractivity contribution is -0.128. The van der Waals surface area contributed by atoms with E-state index in [0.717, 1.165) is 28.6 Å². The Labute approximate surface area is 126 Å². The zero-order valence-electron chi connectivity index (χ0n) is 11.0. The number of nitrogens with zero attached hydrogens (tertiary/aromatic N) is 1. The molecular weight excluding hydrogens is 322 g/mol. The van der Waals surface area contributed by atoms with Gasteiger partial charge < -0.3 is 14.7 Å². The molecule has 1 amide bonds. The molecule has 1 saturated heterocycles. The molecule has 0 aromatic heterocycles. The van der Waals surface area contributed by atoms with Crippen LogP contribution in [0.5, 0.6) is 5.75 Å². The molecule has 0 spiro atoms. The molecule has 2 heterocycles. The van der Waals surface area contributed by atoms with Crippen molar-refractivity contribution in [3.63, 3.8) is 0 Å². The molecule has 1 aromatic rings. The second-order valence-corrected chi connectivity index (χ2v) is 6.03.